The Morgan fingerprint density at radius 2 is 1.67 bits per heavy atom. The highest BCUT2D eigenvalue weighted by Crippen LogP contribution is 2.08. The van der Waals surface area contributed by atoms with Crippen molar-refractivity contribution in [1.82, 2.24) is 0 Å². The molecule has 76 valence electrons. The van der Waals surface area contributed by atoms with E-state index in [1.807, 2.05) is 21.1 Å². The van der Waals surface area contributed by atoms with Gasteiger partial charge in [-0.25, -0.2) is 8.42 Å². The van der Waals surface area contributed by atoms with E-state index in [2.05, 4.69) is 0 Å². The van der Waals surface area contributed by atoms with Crippen LogP contribution in [-0.4, -0.2) is 52.6 Å². The first kappa shape index (κ1) is 15.2. The van der Waals surface area contributed by atoms with Crippen LogP contribution in [0.3, 0.4) is 0 Å². The topological polar surface area (TPSA) is 34.1 Å². The summed E-state index contributed by atoms with van der Waals surface area (Å²) in [6.45, 7) is 0.670. The molecule has 0 saturated carbocycles. The zero-order chi connectivity index (χ0) is 9.12. The van der Waals surface area contributed by atoms with Crippen LogP contribution in [0.4, 0.5) is 0 Å². The van der Waals surface area contributed by atoms with E-state index in [0.717, 1.165) is 10.8 Å². The monoisotopic (exact) mass is 277 g/mol. The first-order valence-electron chi connectivity index (χ1n) is 3.35. The Hall–Kier alpha value is 0.740. The molecule has 0 aliphatic rings. The molecule has 12 heavy (non-hydrogen) atoms. The summed E-state index contributed by atoms with van der Waals surface area (Å²) in [7, 11) is 4.02. The fraction of sp³-hybridized carbons (Fsp3) is 1.00. The van der Waals surface area contributed by atoms with Crippen molar-refractivity contribution in [3.63, 3.8) is 0 Å². The third kappa shape index (κ3) is 8.83. The van der Waals surface area contributed by atoms with Crippen molar-refractivity contribution in [2.24, 2.45) is 0 Å². The van der Waals surface area contributed by atoms with E-state index in [1.165, 1.54) is 0 Å². The summed E-state index contributed by atoms with van der Waals surface area (Å²) < 4.78 is 22.7. The van der Waals surface area contributed by atoms with E-state index in [9.17, 15) is 8.42 Å². The zero-order valence-corrected chi connectivity index (χ0v) is 11.1. The molecule has 0 radical (unpaired) electrons. The van der Waals surface area contributed by atoms with Gasteiger partial charge in [0.15, 0.2) is 0 Å². The maximum absolute atomic E-state index is 11.0. The molecule has 0 aromatic carbocycles. The molecule has 0 fully saturated rings. The lowest BCUT2D eigenvalue weighted by Crippen LogP contribution is -3.00. The second-order valence-corrected chi connectivity index (χ2v) is 7.82. The van der Waals surface area contributed by atoms with Crippen LogP contribution < -0.4 is 17.0 Å². The largest absolute Gasteiger partial charge is 1.00 e. The smallest absolute Gasteiger partial charge is 0.206 e. The average Bonchev–Trinajstić information content (AvgIpc) is 1.83. The lowest BCUT2D eigenvalue weighted by molar-refractivity contribution is -0.867. The minimum absolute atomic E-state index is 0. The van der Waals surface area contributed by atoms with Crippen molar-refractivity contribution < 1.29 is 29.9 Å². The molecule has 0 spiro atoms. The SMILES string of the molecule is CSS(=O)(=O)CC[N+](C)(C)C.[Br-]. The van der Waals surface area contributed by atoms with Crippen molar-refractivity contribution in [2.75, 3.05) is 39.7 Å². The quantitative estimate of drug-likeness (QED) is 0.417. The van der Waals surface area contributed by atoms with Crippen molar-refractivity contribution in [3.8, 4) is 0 Å². The summed E-state index contributed by atoms with van der Waals surface area (Å²) in [5, 5.41) is 0. The van der Waals surface area contributed by atoms with Crippen LogP contribution in [0.2, 0.25) is 0 Å². The lowest BCUT2D eigenvalue weighted by atomic mass is 10.6. The van der Waals surface area contributed by atoms with Gasteiger partial charge in [0.2, 0.25) is 8.87 Å². The highest BCUT2D eigenvalue weighted by molar-refractivity contribution is 8.71. The summed E-state index contributed by atoms with van der Waals surface area (Å²) in [4.78, 5) is 0. The van der Waals surface area contributed by atoms with Gasteiger partial charge in [-0.1, -0.05) is 0 Å². The standard InChI is InChI=1S/C6H16NO2S2.BrH/c1-7(2,3)5-6-11(8,9)10-4;/h5-6H2,1-4H3;1H/q+1;/p-1. The zero-order valence-electron chi connectivity index (χ0n) is 7.87. The number of quaternary nitrogens is 1. The fourth-order valence-electron chi connectivity index (χ4n) is 0.469. The van der Waals surface area contributed by atoms with E-state index in [0.29, 0.717) is 11.0 Å². The van der Waals surface area contributed by atoms with Gasteiger partial charge in [-0.15, -0.1) is 0 Å². The summed E-state index contributed by atoms with van der Waals surface area (Å²) in [6, 6.07) is 0. The molecule has 0 rings (SSSR count). The highest BCUT2D eigenvalue weighted by atomic mass is 79.9. The van der Waals surface area contributed by atoms with E-state index in [4.69, 9.17) is 0 Å². The Bertz CT molecular complexity index is 208. The van der Waals surface area contributed by atoms with Crippen molar-refractivity contribution >= 4 is 19.7 Å². The second-order valence-electron chi connectivity index (χ2n) is 3.44. The van der Waals surface area contributed by atoms with Gasteiger partial charge in [0.25, 0.3) is 0 Å². The molecule has 0 heterocycles. The van der Waals surface area contributed by atoms with Crippen molar-refractivity contribution in [3.05, 3.63) is 0 Å². The number of hydrogen-bond acceptors (Lipinski definition) is 3. The van der Waals surface area contributed by atoms with Crippen LogP contribution in [-0.2, 0) is 8.87 Å². The van der Waals surface area contributed by atoms with E-state index in [1.54, 1.807) is 6.26 Å². The Kier molecular flexibility index (Phi) is 6.93. The Morgan fingerprint density at radius 1 is 1.25 bits per heavy atom. The summed E-state index contributed by atoms with van der Waals surface area (Å²) in [5.74, 6) is 0.262. The predicted octanol–water partition coefficient (Wildman–Crippen LogP) is -2.61. The molecule has 0 aromatic rings. The Balaban J connectivity index is 0. The molecule has 0 unspecified atom stereocenters. The van der Waals surface area contributed by atoms with Gasteiger partial charge in [0, 0.05) is 0 Å². The van der Waals surface area contributed by atoms with Crippen molar-refractivity contribution in [1.29, 1.82) is 0 Å². The maximum Gasteiger partial charge on any atom is 0.206 e. The summed E-state index contributed by atoms with van der Waals surface area (Å²) in [5.41, 5.74) is 0. The minimum Gasteiger partial charge on any atom is -1.00 e. The summed E-state index contributed by atoms with van der Waals surface area (Å²) >= 11 is 0. The highest BCUT2D eigenvalue weighted by Gasteiger charge is 2.14. The van der Waals surface area contributed by atoms with Gasteiger partial charge in [-0.2, -0.15) is 0 Å². The molecule has 0 N–H and O–H groups in total. The van der Waals surface area contributed by atoms with Crippen LogP contribution in [0.1, 0.15) is 0 Å². The number of rotatable bonds is 4. The normalized spacial score (nSPS) is 12.3. The lowest BCUT2D eigenvalue weighted by Gasteiger charge is -2.23. The molecule has 3 nitrogen and oxygen atoms in total. The second kappa shape index (κ2) is 5.47. The van der Waals surface area contributed by atoms with Crippen molar-refractivity contribution in [2.45, 2.75) is 0 Å². The van der Waals surface area contributed by atoms with E-state index in [-0.39, 0.29) is 22.7 Å². The Labute approximate surface area is 89.2 Å². The van der Waals surface area contributed by atoms with Gasteiger partial charge in [0.1, 0.15) is 5.75 Å². The first-order chi connectivity index (χ1) is 4.77. The average molecular weight is 278 g/mol. The third-order valence-corrected chi connectivity index (χ3v) is 4.48. The first-order valence-corrected chi connectivity index (χ1v) is 6.75. The van der Waals surface area contributed by atoms with Crippen LogP contribution >= 0.6 is 10.8 Å². The molecule has 0 aliphatic carbocycles. The third-order valence-electron chi connectivity index (χ3n) is 1.27. The molecule has 0 aliphatic heterocycles. The fourth-order valence-corrected chi connectivity index (χ4v) is 2.13. The molecule has 0 atom stereocenters. The number of hydrogen-bond donors (Lipinski definition) is 0. The van der Waals surface area contributed by atoms with Gasteiger partial charge in [0.05, 0.1) is 27.7 Å². The molecular formula is C6H16BrNO2S2. The molecular weight excluding hydrogens is 262 g/mol. The number of nitrogens with zero attached hydrogens (tertiary/aromatic N) is 1. The predicted molar refractivity (Wildman–Crippen MR) is 50.2 cm³/mol. The summed E-state index contributed by atoms with van der Waals surface area (Å²) in [6.07, 6.45) is 1.60. The molecule has 0 bridgehead atoms. The maximum atomic E-state index is 11.0. The van der Waals surface area contributed by atoms with Gasteiger partial charge in [-0.05, 0) is 17.0 Å². The van der Waals surface area contributed by atoms with Gasteiger partial charge < -0.3 is 21.5 Å². The number of halogens is 1. The molecule has 6 heteroatoms. The Morgan fingerprint density at radius 3 is 1.92 bits per heavy atom. The van der Waals surface area contributed by atoms with Crippen LogP contribution in [0, 0.1) is 0 Å². The molecule has 0 aromatic heterocycles. The molecule has 0 amide bonds. The van der Waals surface area contributed by atoms with E-state index >= 15 is 0 Å². The van der Waals surface area contributed by atoms with Crippen LogP contribution in [0.15, 0.2) is 0 Å². The van der Waals surface area contributed by atoms with Crippen LogP contribution in [0.25, 0.3) is 0 Å². The van der Waals surface area contributed by atoms with Gasteiger partial charge in [-0.3, -0.25) is 0 Å². The molecule has 0 saturated heterocycles. The van der Waals surface area contributed by atoms with E-state index < -0.39 is 8.87 Å². The van der Waals surface area contributed by atoms with Crippen LogP contribution in [0.5, 0.6) is 0 Å². The van der Waals surface area contributed by atoms with Gasteiger partial charge >= 0.3 is 0 Å². The minimum atomic E-state index is -2.85.